The number of anilines is 1. The first-order chi connectivity index (χ1) is 15.1. The summed E-state index contributed by atoms with van der Waals surface area (Å²) in [5.41, 5.74) is 5.87. The highest BCUT2D eigenvalue weighted by Gasteiger charge is 2.27. The molecule has 0 spiro atoms. The summed E-state index contributed by atoms with van der Waals surface area (Å²) in [6.07, 6.45) is 0.827. The summed E-state index contributed by atoms with van der Waals surface area (Å²) in [7, 11) is 0. The first-order valence-corrected chi connectivity index (χ1v) is 10.4. The molecule has 4 aromatic rings. The van der Waals surface area contributed by atoms with Crippen molar-refractivity contribution in [3.63, 3.8) is 0 Å². The molecule has 31 heavy (non-hydrogen) atoms. The van der Waals surface area contributed by atoms with Crippen LogP contribution in [-0.4, -0.2) is 28.2 Å². The average molecular weight is 409 g/mol. The van der Waals surface area contributed by atoms with Gasteiger partial charge in [-0.2, -0.15) is 0 Å². The van der Waals surface area contributed by atoms with Gasteiger partial charge < -0.3 is 15.2 Å². The number of fused-ring (bicyclic) bond motifs is 2. The molecular formula is C26H23N3O2. The van der Waals surface area contributed by atoms with E-state index in [0.29, 0.717) is 30.0 Å². The summed E-state index contributed by atoms with van der Waals surface area (Å²) >= 11 is 0. The van der Waals surface area contributed by atoms with Crippen LogP contribution in [0.25, 0.3) is 10.9 Å². The van der Waals surface area contributed by atoms with Gasteiger partial charge in [0.2, 0.25) is 0 Å². The predicted molar refractivity (Wildman–Crippen MR) is 122 cm³/mol. The minimum atomic E-state index is -0.234. The Morgan fingerprint density at radius 2 is 1.61 bits per heavy atom. The fourth-order valence-corrected chi connectivity index (χ4v) is 4.15. The number of para-hydroxylation sites is 1. The summed E-state index contributed by atoms with van der Waals surface area (Å²) < 4.78 is 0. The van der Waals surface area contributed by atoms with E-state index < -0.39 is 0 Å². The van der Waals surface area contributed by atoms with Gasteiger partial charge in [-0.05, 0) is 42.7 Å². The monoisotopic (exact) mass is 409 g/mol. The third kappa shape index (κ3) is 3.59. The van der Waals surface area contributed by atoms with Crippen molar-refractivity contribution in [2.75, 3.05) is 11.9 Å². The highest BCUT2D eigenvalue weighted by molar-refractivity contribution is 6.15. The molecule has 2 amide bonds. The molecule has 0 bridgehead atoms. The molecule has 5 rings (SSSR count). The van der Waals surface area contributed by atoms with Crippen molar-refractivity contribution < 1.29 is 9.59 Å². The maximum absolute atomic E-state index is 13.5. The van der Waals surface area contributed by atoms with Gasteiger partial charge in [-0.3, -0.25) is 9.59 Å². The quantitative estimate of drug-likeness (QED) is 0.504. The lowest BCUT2D eigenvalue weighted by Gasteiger charge is -2.28. The maximum Gasteiger partial charge on any atom is 0.272 e. The molecule has 0 atom stereocenters. The topological polar surface area (TPSA) is 65.2 Å². The van der Waals surface area contributed by atoms with E-state index in [2.05, 4.69) is 22.4 Å². The lowest BCUT2D eigenvalue weighted by atomic mass is 9.99. The van der Waals surface area contributed by atoms with E-state index in [1.165, 1.54) is 11.1 Å². The molecule has 5 nitrogen and oxygen atoms in total. The van der Waals surface area contributed by atoms with E-state index >= 15 is 0 Å². The van der Waals surface area contributed by atoms with Crippen LogP contribution in [0.5, 0.6) is 0 Å². The number of carbonyl (C=O) groups excluding carboxylic acids is 2. The van der Waals surface area contributed by atoms with Gasteiger partial charge in [-0.1, -0.05) is 60.2 Å². The number of aromatic nitrogens is 1. The van der Waals surface area contributed by atoms with Crippen molar-refractivity contribution in [2.24, 2.45) is 0 Å². The lowest BCUT2D eigenvalue weighted by Crippen LogP contribution is -2.36. The van der Waals surface area contributed by atoms with Crippen molar-refractivity contribution in [1.29, 1.82) is 0 Å². The number of rotatable bonds is 3. The fourth-order valence-electron chi connectivity index (χ4n) is 4.15. The van der Waals surface area contributed by atoms with Crippen LogP contribution in [0.3, 0.4) is 0 Å². The second-order valence-electron chi connectivity index (χ2n) is 7.99. The van der Waals surface area contributed by atoms with Gasteiger partial charge >= 0.3 is 0 Å². The Labute approximate surface area is 180 Å². The third-order valence-corrected chi connectivity index (χ3v) is 5.89. The zero-order valence-electron chi connectivity index (χ0n) is 17.3. The Kier molecular flexibility index (Phi) is 4.79. The van der Waals surface area contributed by atoms with Gasteiger partial charge in [0.1, 0.15) is 5.69 Å². The Balaban J connectivity index is 1.49. The van der Waals surface area contributed by atoms with Gasteiger partial charge in [-0.25, -0.2) is 0 Å². The SMILES string of the molecule is Cc1ccc(C(=O)Nc2c(C(=O)N3CCc4ccccc4C3)[nH]c3ccccc23)cc1. The van der Waals surface area contributed by atoms with E-state index in [0.717, 1.165) is 22.9 Å². The van der Waals surface area contributed by atoms with Crippen molar-refractivity contribution in [2.45, 2.75) is 19.9 Å². The standard InChI is InChI=1S/C26H23N3O2/c1-17-10-12-19(13-11-17)25(30)28-23-21-8-4-5-9-22(21)27-24(23)26(31)29-15-14-18-6-2-3-7-20(18)16-29/h2-13,27H,14-16H2,1H3,(H,28,30). The number of nitrogens with zero attached hydrogens (tertiary/aromatic N) is 1. The zero-order chi connectivity index (χ0) is 21.4. The molecule has 3 aromatic carbocycles. The van der Waals surface area contributed by atoms with E-state index in [1.54, 1.807) is 12.1 Å². The summed E-state index contributed by atoms with van der Waals surface area (Å²) in [5, 5.41) is 3.81. The number of amides is 2. The maximum atomic E-state index is 13.5. The van der Waals surface area contributed by atoms with Gasteiger partial charge in [0.15, 0.2) is 0 Å². The van der Waals surface area contributed by atoms with Gasteiger partial charge in [-0.15, -0.1) is 0 Å². The summed E-state index contributed by atoms with van der Waals surface area (Å²) in [6.45, 7) is 3.20. The molecule has 0 aliphatic carbocycles. The van der Waals surface area contributed by atoms with Crippen LogP contribution in [-0.2, 0) is 13.0 Å². The van der Waals surface area contributed by atoms with Crippen LogP contribution in [0, 0.1) is 6.92 Å². The number of hydrogen-bond acceptors (Lipinski definition) is 2. The number of nitrogens with one attached hydrogen (secondary N) is 2. The Morgan fingerprint density at radius 1 is 0.903 bits per heavy atom. The molecule has 0 radical (unpaired) electrons. The predicted octanol–water partition coefficient (Wildman–Crippen LogP) is 4.93. The first-order valence-electron chi connectivity index (χ1n) is 10.4. The molecule has 0 unspecified atom stereocenters. The largest absolute Gasteiger partial charge is 0.349 e. The number of aromatic amines is 1. The second-order valence-corrected chi connectivity index (χ2v) is 7.99. The van der Waals surface area contributed by atoms with Crippen LogP contribution >= 0.6 is 0 Å². The molecule has 0 fully saturated rings. The minimum absolute atomic E-state index is 0.107. The number of benzene rings is 3. The van der Waals surface area contributed by atoms with Crippen molar-refractivity contribution in [3.05, 3.63) is 101 Å². The highest BCUT2D eigenvalue weighted by atomic mass is 16.2. The molecule has 1 aliphatic heterocycles. The van der Waals surface area contributed by atoms with Crippen LogP contribution in [0.2, 0.25) is 0 Å². The smallest absolute Gasteiger partial charge is 0.272 e. The molecule has 1 aliphatic rings. The Bertz CT molecular complexity index is 1290. The molecule has 0 saturated carbocycles. The van der Waals surface area contributed by atoms with Crippen molar-refractivity contribution in [3.8, 4) is 0 Å². The molecule has 5 heteroatoms. The zero-order valence-corrected chi connectivity index (χ0v) is 17.3. The summed E-state index contributed by atoms with van der Waals surface area (Å²) in [5.74, 6) is -0.340. The van der Waals surface area contributed by atoms with Gasteiger partial charge in [0, 0.05) is 29.6 Å². The number of H-pyrrole nitrogens is 1. The van der Waals surface area contributed by atoms with Gasteiger partial charge in [0.25, 0.3) is 11.8 Å². The van der Waals surface area contributed by atoms with E-state index in [-0.39, 0.29) is 11.8 Å². The summed E-state index contributed by atoms with van der Waals surface area (Å²) in [6, 6.07) is 23.3. The molecule has 1 aromatic heterocycles. The molecule has 2 N–H and O–H groups in total. The number of carbonyl (C=O) groups is 2. The molecular weight excluding hydrogens is 386 g/mol. The highest BCUT2D eigenvalue weighted by Crippen LogP contribution is 2.30. The van der Waals surface area contributed by atoms with Crippen LogP contribution in [0.4, 0.5) is 5.69 Å². The lowest BCUT2D eigenvalue weighted by molar-refractivity contribution is 0.0731. The van der Waals surface area contributed by atoms with Crippen LogP contribution in [0.1, 0.15) is 37.5 Å². The van der Waals surface area contributed by atoms with E-state index in [1.807, 2.05) is 60.4 Å². The normalized spacial score (nSPS) is 13.1. The molecule has 0 saturated heterocycles. The molecule has 2 heterocycles. The van der Waals surface area contributed by atoms with E-state index in [9.17, 15) is 9.59 Å². The van der Waals surface area contributed by atoms with Crippen molar-refractivity contribution in [1.82, 2.24) is 9.88 Å². The second kappa shape index (κ2) is 7.76. The third-order valence-electron chi connectivity index (χ3n) is 5.89. The van der Waals surface area contributed by atoms with Gasteiger partial charge in [0.05, 0.1) is 5.69 Å². The fraction of sp³-hybridized carbons (Fsp3) is 0.154. The number of hydrogen-bond donors (Lipinski definition) is 2. The van der Waals surface area contributed by atoms with E-state index in [4.69, 9.17) is 0 Å². The van der Waals surface area contributed by atoms with Crippen molar-refractivity contribution >= 4 is 28.4 Å². The minimum Gasteiger partial charge on any atom is -0.349 e. The van der Waals surface area contributed by atoms with Crippen LogP contribution < -0.4 is 5.32 Å². The first kappa shape index (κ1) is 19.1. The van der Waals surface area contributed by atoms with Crippen LogP contribution in [0.15, 0.2) is 72.8 Å². The Hall–Kier alpha value is -3.86. The summed E-state index contributed by atoms with van der Waals surface area (Å²) in [4.78, 5) is 31.5. The molecule has 154 valence electrons. The average Bonchev–Trinajstić information content (AvgIpc) is 3.17. The Morgan fingerprint density at radius 3 is 2.42 bits per heavy atom. The number of aryl methyl sites for hydroxylation is 1.